The Morgan fingerprint density at radius 2 is 1.83 bits per heavy atom. The Kier molecular flexibility index (Phi) is 5.09. The van der Waals surface area contributed by atoms with Crippen molar-refractivity contribution in [1.29, 1.82) is 0 Å². The maximum absolute atomic E-state index is 12.7. The number of benzene rings is 2. The normalized spacial score (nSPS) is 11.0. The molecule has 0 atom stereocenters. The minimum Gasteiger partial charge on any atom is -0.325 e. The molecular formula is C20H17ClN6O2. The molecule has 29 heavy (non-hydrogen) atoms. The predicted molar refractivity (Wildman–Crippen MR) is 110 cm³/mol. The molecule has 2 heterocycles. The quantitative estimate of drug-likeness (QED) is 0.548. The Bertz CT molecular complexity index is 1230. The molecule has 0 aliphatic rings. The van der Waals surface area contributed by atoms with Crippen molar-refractivity contribution in [1.82, 2.24) is 24.5 Å². The number of aromatic nitrogens is 5. The lowest BCUT2D eigenvalue weighted by Crippen LogP contribution is -2.28. The molecule has 8 nitrogen and oxygen atoms in total. The smallest absolute Gasteiger partial charge is 0.284 e. The number of fused-ring (bicyclic) bond motifs is 1. The van der Waals surface area contributed by atoms with Gasteiger partial charge in [0.05, 0.1) is 5.69 Å². The second-order valence-corrected chi connectivity index (χ2v) is 6.86. The number of hydrogen-bond acceptors (Lipinski definition) is 5. The van der Waals surface area contributed by atoms with Gasteiger partial charge in [-0.05, 0) is 48.4 Å². The van der Waals surface area contributed by atoms with E-state index in [1.807, 2.05) is 24.3 Å². The van der Waals surface area contributed by atoms with Gasteiger partial charge < -0.3 is 5.32 Å². The van der Waals surface area contributed by atoms with Crippen molar-refractivity contribution in [2.45, 2.75) is 19.9 Å². The van der Waals surface area contributed by atoms with Gasteiger partial charge in [-0.3, -0.25) is 14.2 Å². The van der Waals surface area contributed by atoms with Gasteiger partial charge in [-0.25, -0.2) is 4.98 Å². The van der Waals surface area contributed by atoms with E-state index >= 15 is 0 Å². The average Bonchev–Trinajstić information content (AvgIpc) is 3.16. The number of amides is 1. The first-order valence-corrected chi connectivity index (χ1v) is 9.38. The number of carbonyl (C=O) groups is 1. The van der Waals surface area contributed by atoms with Crippen LogP contribution < -0.4 is 10.9 Å². The van der Waals surface area contributed by atoms with Crippen LogP contribution in [0.5, 0.6) is 0 Å². The molecule has 0 unspecified atom stereocenters. The lowest BCUT2D eigenvalue weighted by molar-refractivity contribution is -0.116. The summed E-state index contributed by atoms with van der Waals surface area (Å²) in [6.07, 6.45) is 2.24. The van der Waals surface area contributed by atoms with Crippen molar-refractivity contribution in [3.8, 4) is 5.69 Å². The van der Waals surface area contributed by atoms with Gasteiger partial charge in [0.1, 0.15) is 12.9 Å². The highest BCUT2D eigenvalue weighted by molar-refractivity contribution is 6.30. The zero-order chi connectivity index (χ0) is 20.4. The minimum absolute atomic E-state index is 0.0857. The molecule has 0 saturated heterocycles. The van der Waals surface area contributed by atoms with E-state index in [9.17, 15) is 9.59 Å². The molecule has 0 bridgehead atoms. The van der Waals surface area contributed by atoms with Crippen LogP contribution in [-0.2, 0) is 17.8 Å². The molecule has 0 aliphatic carbocycles. The summed E-state index contributed by atoms with van der Waals surface area (Å²) in [7, 11) is 0. The van der Waals surface area contributed by atoms with Gasteiger partial charge in [-0.15, -0.1) is 5.10 Å². The van der Waals surface area contributed by atoms with Crippen LogP contribution in [0.15, 0.2) is 59.7 Å². The number of anilines is 1. The lowest BCUT2D eigenvalue weighted by Gasteiger charge is -2.08. The number of nitrogens with one attached hydrogen (secondary N) is 1. The third-order valence-electron chi connectivity index (χ3n) is 4.46. The molecule has 0 fully saturated rings. The molecule has 2 aromatic carbocycles. The minimum atomic E-state index is -0.438. The van der Waals surface area contributed by atoms with Crippen molar-refractivity contribution in [3.05, 3.63) is 75.8 Å². The summed E-state index contributed by atoms with van der Waals surface area (Å²) in [4.78, 5) is 29.3. The lowest BCUT2D eigenvalue weighted by atomic mass is 10.1. The van der Waals surface area contributed by atoms with E-state index in [2.05, 4.69) is 27.5 Å². The van der Waals surface area contributed by atoms with Crippen molar-refractivity contribution in [2.24, 2.45) is 0 Å². The van der Waals surface area contributed by atoms with Gasteiger partial charge in [-0.1, -0.05) is 35.9 Å². The average molecular weight is 409 g/mol. The van der Waals surface area contributed by atoms with Crippen molar-refractivity contribution < 1.29 is 4.79 Å². The van der Waals surface area contributed by atoms with E-state index in [1.165, 1.54) is 21.1 Å². The Hall–Kier alpha value is -3.52. The largest absolute Gasteiger partial charge is 0.325 e. The Labute approximate surface area is 170 Å². The van der Waals surface area contributed by atoms with Crippen LogP contribution in [0.2, 0.25) is 5.02 Å². The van der Waals surface area contributed by atoms with Crippen LogP contribution in [-0.4, -0.2) is 30.5 Å². The van der Waals surface area contributed by atoms with E-state index in [0.29, 0.717) is 22.0 Å². The third kappa shape index (κ3) is 3.88. The van der Waals surface area contributed by atoms with Crippen molar-refractivity contribution in [3.63, 3.8) is 0 Å². The SMILES string of the molecule is CCc1ccc(NC(=O)Cn2cnc3c(nnn3-c3ccc(Cl)cc3)c2=O)cc1. The summed E-state index contributed by atoms with van der Waals surface area (Å²) in [5.74, 6) is -0.331. The number of aryl methyl sites for hydroxylation is 1. The summed E-state index contributed by atoms with van der Waals surface area (Å²) in [6, 6.07) is 14.5. The first-order chi connectivity index (χ1) is 14.0. The van der Waals surface area contributed by atoms with Crippen LogP contribution in [0.3, 0.4) is 0 Å². The number of hydrogen-bond donors (Lipinski definition) is 1. The maximum Gasteiger partial charge on any atom is 0.284 e. The summed E-state index contributed by atoms with van der Waals surface area (Å²) in [5, 5.41) is 11.3. The molecule has 0 radical (unpaired) electrons. The molecule has 1 amide bonds. The topological polar surface area (TPSA) is 94.7 Å². The zero-order valence-electron chi connectivity index (χ0n) is 15.5. The van der Waals surface area contributed by atoms with E-state index in [0.717, 1.165) is 6.42 Å². The summed E-state index contributed by atoms with van der Waals surface area (Å²) < 4.78 is 2.66. The fourth-order valence-electron chi connectivity index (χ4n) is 2.89. The summed E-state index contributed by atoms with van der Waals surface area (Å²) in [5.41, 5.74) is 2.48. The van der Waals surface area contributed by atoms with Gasteiger partial charge in [0, 0.05) is 10.7 Å². The standard InChI is InChI=1S/C20H17ClN6O2/c1-2-13-3-7-15(8-4-13)23-17(28)11-26-12-22-19-18(20(26)29)24-25-27(19)16-9-5-14(21)6-10-16/h3-10,12H,2,11H2,1H3,(H,23,28). The maximum atomic E-state index is 12.7. The summed E-state index contributed by atoms with van der Waals surface area (Å²) in [6.45, 7) is 1.89. The second kappa shape index (κ2) is 7.84. The van der Waals surface area contributed by atoms with E-state index in [-0.39, 0.29) is 18.0 Å². The molecule has 4 aromatic rings. The highest BCUT2D eigenvalue weighted by atomic mass is 35.5. The van der Waals surface area contributed by atoms with Gasteiger partial charge in [0.2, 0.25) is 5.91 Å². The molecule has 0 aliphatic heterocycles. The van der Waals surface area contributed by atoms with E-state index < -0.39 is 5.56 Å². The van der Waals surface area contributed by atoms with Crippen LogP contribution in [0.4, 0.5) is 5.69 Å². The summed E-state index contributed by atoms with van der Waals surface area (Å²) >= 11 is 5.91. The first-order valence-electron chi connectivity index (χ1n) is 9.00. The molecule has 9 heteroatoms. The highest BCUT2D eigenvalue weighted by Crippen LogP contribution is 2.15. The predicted octanol–water partition coefficient (Wildman–Crippen LogP) is 2.83. The monoisotopic (exact) mass is 408 g/mol. The van der Waals surface area contributed by atoms with Gasteiger partial charge in [0.25, 0.3) is 5.56 Å². The van der Waals surface area contributed by atoms with Crippen LogP contribution in [0.25, 0.3) is 16.9 Å². The molecule has 1 N–H and O–H groups in total. The Balaban J connectivity index is 1.56. The van der Waals surface area contributed by atoms with Crippen LogP contribution in [0, 0.1) is 0 Å². The molecule has 146 valence electrons. The Morgan fingerprint density at radius 1 is 1.10 bits per heavy atom. The molecule has 2 aromatic heterocycles. The number of halogens is 1. The van der Waals surface area contributed by atoms with E-state index in [1.54, 1.807) is 24.3 Å². The van der Waals surface area contributed by atoms with E-state index in [4.69, 9.17) is 11.6 Å². The number of rotatable bonds is 5. The fourth-order valence-corrected chi connectivity index (χ4v) is 3.02. The van der Waals surface area contributed by atoms with Gasteiger partial charge in [-0.2, -0.15) is 4.68 Å². The van der Waals surface area contributed by atoms with Crippen LogP contribution in [0.1, 0.15) is 12.5 Å². The highest BCUT2D eigenvalue weighted by Gasteiger charge is 2.15. The van der Waals surface area contributed by atoms with Crippen LogP contribution >= 0.6 is 11.6 Å². The third-order valence-corrected chi connectivity index (χ3v) is 4.71. The molecular weight excluding hydrogens is 392 g/mol. The number of nitrogens with zero attached hydrogens (tertiary/aromatic N) is 5. The van der Waals surface area contributed by atoms with Crippen molar-refractivity contribution in [2.75, 3.05) is 5.32 Å². The molecule has 0 spiro atoms. The van der Waals surface area contributed by atoms with Crippen molar-refractivity contribution >= 4 is 34.4 Å². The van der Waals surface area contributed by atoms with Gasteiger partial charge in [0.15, 0.2) is 11.2 Å². The zero-order valence-corrected chi connectivity index (χ0v) is 16.3. The fraction of sp³-hybridized carbons (Fsp3) is 0.150. The number of carbonyl (C=O) groups excluding carboxylic acids is 1. The van der Waals surface area contributed by atoms with Gasteiger partial charge >= 0.3 is 0 Å². The molecule has 4 rings (SSSR count). The second-order valence-electron chi connectivity index (χ2n) is 6.43. The molecule has 0 saturated carbocycles. The first kappa shape index (κ1) is 18.8. The Morgan fingerprint density at radius 3 is 2.52 bits per heavy atom.